The molecule has 0 aliphatic carbocycles. The molecule has 0 heterocycles. The Balaban J connectivity index is 3.00. The van der Waals surface area contributed by atoms with E-state index in [-0.39, 0.29) is 0 Å². The fourth-order valence-corrected chi connectivity index (χ4v) is 2.32. The Morgan fingerprint density at radius 3 is 2.17 bits per heavy atom. The number of rotatable bonds is 2. The minimum atomic E-state index is 0.416. The summed E-state index contributed by atoms with van der Waals surface area (Å²) in [5, 5.41) is 0. The fourth-order valence-electron chi connectivity index (χ4n) is 0.996. The largest absolute Gasteiger partial charge is 0.330 e. The summed E-state index contributed by atoms with van der Waals surface area (Å²) < 4.78 is 2.18. The zero-order valence-electron chi connectivity index (χ0n) is 6.85. The molecule has 1 unspecified atom stereocenters. The van der Waals surface area contributed by atoms with Crippen LogP contribution in [0.4, 0.5) is 0 Å². The molecule has 0 aliphatic heterocycles. The second-order valence-corrected chi connectivity index (χ2v) is 4.67. The zero-order valence-corrected chi connectivity index (χ0v) is 10.0. The molecule has 0 aromatic heterocycles. The molecule has 0 spiro atoms. The molecule has 1 aromatic carbocycles. The second-order valence-electron chi connectivity index (χ2n) is 2.84. The highest BCUT2D eigenvalue weighted by Gasteiger charge is 2.04. The van der Waals surface area contributed by atoms with Crippen LogP contribution < -0.4 is 5.73 Å². The van der Waals surface area contributed by atoms with E-state index in [1.165, 1.54) is 5.56 Å². The van der Waals surface area contributed by atoms with Gasteiger partial charge in [-0.05, 0) is 36.2 Å². The minimum Gasteiger partial charge on any atom is -0.330 e. The maximum Gasteiger partial charge on any atom is 0.0189 e. The highest BCUT2D eigenvalue weighted by molar-refractivity contribution is 9.11. The van der Waals surface area contributed by atoms with Gasteiger partial charge in [-0.2, -0.15) is 0 Å². The molecule has 66 valence electrons. The highest BCUT2D eigenvalue weighted by Crippen LogP contribution is 2.24. The Kier molecular flexibility index (Phi) is 3.75. The molecule has 0 amide bonds. The van der Waals surface area contributed by atoms with E-state index >= 15 is 0 Å². The van der Waals surface area contributed by atoms with Crippen molar-refractivity contribution in [2.45, 2.75) is 12.8 Å². The first-order valence-corrected chi connectivity index (χ1v) is 5.38. The van der Waals surface area contributed by atoms with Crippen molar-refractivity contribution in [3.05, 3.63) is 32.7 Å². The minimum absolute atomic E-state index is 0.416. The molecule has 1 rings (SSSR count). The van der Waals surface area contributed by atoms with Crippen LogP contribution in [-0.4, -0.2) is 6.54 Å². The lowest BCUT2D eigenvalue weighted by Gasteiger charge is -2.09. The Hall–Kier alpha value is 0.140. The van der Waals surface area contributed by atoms with Crippen molar-refractivity contribution in [3.8, 4) is 0 Å². The van der Waals surface area contributed by atoms with E-state index < -0.39 is 0 Å². The molecular formula is C9H11Br2N. The summed E-state index contributed by atoms with van der Waals surface area (Å²) in [4.78, 5) is 0. The van der Waals surface area contributed by atoms with Gasteiger partial charge in [-0.1, -0.05) is 38.8 Å². The first-order valence-electron chi connectivity index (χ1n) is 3.79. The van der Waals surface area contributed by atoms with E-state index in [0.717, 1.165) is 8.95 Å². The van der Waals surface area contributed by atoms with Gasteiger partial charge in [-0.25, -0.2) is 0 Å². The summed E-state index contributed by atoms with van der Waals surface area (Å²) in [5.41, 5.74) is 6.84. The number of hydrogen-bond donors (Lipinski definition) is 1. The molecular weight excluding hydrogens is 282 g/mol. The van der Waals surface area contributed by atoms with E-state index in [9.17, 15) is 0 Å². The molecule has 0 saturated carbocycles. The molecule has 0 radical (unpaired) electrons. The topological polar surface area (TPSA) is 26.0 Å². The summed E-state index contributed by atoms with van der Waals surface area (Å²) in [6.07, 6.45) is 0. The smallest absolute Gasteiger partial charge is 0.0189 e. The molecule has 3 heteroatoms. The number of hydrogen-bond acceptors (Lipinski definition) is 1. The van der Waals surface area contributed by atoms with Crippen molar-refractivity contribution in [1.29, 1.82) is 0 Å². The van der Waals surface area contributed by atoms with E-state index in [0.29, 0.717) is 12.5 Å². The Bertz CT molecular complexity index is 253. The Morgan fingerprint density at radius 2 is 1.75 bits per heavy atom. The summed E-state index contributed by atoms with van der Waals surface area (Å²) in [5.74, 6) is 0.416. The molecule has 0 aliphatic rings. The third-order valence-corrected chi connectivity index (χ3v) is 2.72. The first kappa shape index (κ1) is 10.2. The number of benzene rings is 1. The van der Waals surface area contributed by atoms with Crippen LogP contribution in [0.5, 0.6) is 0 Å². The van der Waals surface area contributed by atoms with Gasteiger partial charge in [0.05, 0.1) is 0 Å². The molecule has 1 nitrogen and oxygen atoms in total. The zero-order chi connectivity index (χ0) is 9.14. The lowest BCUT2D eigenvalue weighted by Crippen LogP contribution is -2.08. The molecule has 0 fully saturated rings. The Labute approximate surface area is 89.6 Å². The van der Waals surface area contributed by atoms with E-state index in [2.05, 4.69) is 50.9 Å². The maximum atomic E-state index is 5.57. The van der Waals surface area contributed by atoms with Crippen LogP contribution in [-0.2, 0) is 0 Å². The number of nitrogens with two attached hydrogens (primary N) is 1. The van der Waals surface area contributed by atoms with Crippen LogP contribution in [0.3, 0.4) is 0 Å². The van der Waals surface area contributed by atoms with Gasteiger partial charge in [0.25, 0.3) is 0 Å². The normalized spacial score (nSPS) is 13.0. The van der Waals surface area contributed by atoms with E-state index in [1.807, 2.05) is 6.07 Å². The molecule has 0 bridgehead atoms. The van der Waals surface area contributed by atoms with Gasteiger partial charge in [0.15, 0.2) is 0 Å². The third kappa shape index (κ3) is 2.57. The lowest BCUT2D eigenvalue weighted by atomic mass is 10.0. The SMILES string of the molecule is CC(CN)c1cc(Br)cc(Br)c1. The molecule has 1 atom stereocenters. The van der Waals surface area contributed by atoms with Crippen LogP contribution in [0.25, 0.3) is 0 Å². The number of halogens is 2. The standard InChI is InChI=1S/C9H11Br2N/c1-6(5-12)7-2-8(10)4-9(11)3-7/h2-4,6H,5,12H2,1H3. The maximum absolute atomic E-state index is 5.57. The van der Waals surface area contributed by atoms with Gasteiger partial charge in [0.2, 0.25) is 0 Å². The van der Waals surface area contributed by atoms with Gasteiger partial charge >= 0.3 is 0 Å². The van der Waals surface area contributed by atoms with Crippen LogP contribution in [0.15, 0.2) is 27.1 Å². The third-order valence-electron chi connectivity index (χ3n) is 1.81. The second kappa shape index (κ2) is 4.40. The summed E-state index contributed by atoms with van der Waals surface area (Å²) in [6.45, 7) is 2.80. The van der Waals surface area contributed by atoms with Crippen LogP contribution in [0.1, 0.15) is 18.4 Å². The van der Waals surface area contributed by atoms with Crippen LogP contribution in [0.2, 0.25) is 0 Å². The van der Waals surface area contributed by atoms with Crippen molar-refractivity contribution in [3.63, 3.8) is 0 Å². The van der Waals surface area contributed by atoms with E-state index in [4.69, 9.17) is 5.73 Å². The van der Waals surface area contributed by atoms with Crippen molar-refractivity contribution in [2.24, 2.45) is 5.73 Å². The monoisotopic (exact) mass is 291 g/mol. The highest BCUT2D eigenvalue weighted by atomic mass is 79.9. The van der Waals surface area contributed by atoms with Crippen LogP contribution >= 0.6 is 31.9 Å². The van der Waals surface area contributed by atoms with Crippen molar-refractivity contribution < 1.29 is 0 Å². The summed E-state index contributed by atoms with van der Waals surface area (Å²) in [6, 6.07) is 6.22. The fraction of sp³-hybridized carbons (Fsp3) is 0.333. The molecule has 12 heavy (non-hydrogen) atoms. The molecule has 0 saturated heterocycles. The summed E-state index contributed by atoms with van der Waals surface area (Å²) >= 11 is 6.88. The predicted octanol–water partition coefficient (Wildman–Crippen LogP) is 3.27. The lowest BCUT2D eigenvalue weighted by molar-refractivity contribution is 0.773. The van der Waals surface area contributed by atoms with Crippen molar-refractivity contribution >= 4 is 31.9 Å². The van der Waals surface area contributed by atoms with Gasteiger partial charge < -0.3 is 5.73 Å². The van der Waals surface area contributed by atoms with Gasteiger partial charge in [-0.15, -0.1) is 0 Å². The van der Waals surface area contributed by atoms with Gasteiger partial charge in [0, 0.05) is 8.95 Å². The van der Waals surface area contributed by atoms with Gasteiger partial charge in [-0.3, -0.25) is 0 Å². The summed E-state index contributed by atoms with van der Waals surface area (Å²) in [7, 11) is 0. The average molecular weight is 293 g/mol. The van der Waals surface area contributed by atoms with E-state index in [1.54, 1.807) is 0 Å². The van der Waals surface area contributed by atoms with Crippen LogP contribution in [0, 0.1) is 0 Å². The average Bonchev–Trinajstić information content (AvgIpc) is 2.01. The Morgan fingerprint density at radius 1 is 1.25 bits per heavy atom. The molecule has 1 aromatic rings. The van der Waals surface area contributed by atoms with Gasteiger partial charge in [0.1, 0.15) is 0 Å². The first-order chi connectivity index (χ1) is 5.63. The quantitative estimate of drug-likeness (QED) is 0.889. The van der Waals surface area contributed by atoms with Crippen molar-refractivity contribution in [1.82, 2.24) is 0 Å². The predicted molar refractivity (Wildman–Crippen MR) is 59.3 cm³/mol. The van der Waals surface area contributed by atoms with Crippen molar-refractivity contribution in [2.75, 3.05) is 6.54 Å². The molecule has 2 N–H and O–H groups in total.